The van der Waals surface area contributed by atoms with E-state index in [-0.39, 0.29) is 11.9 Å². The van der Waals surface area contributed by atoms with Gasteiger partial charge in [-0.2, -0.15) is 5.10 Å². The SMILES string of the molecule is CC(C)(O)C1CCCN1Cc1ccn(-c2ccc(F)cc2)n1. The highest BCUT2D eigenvalue weighted by atomic mass is 19.1. The Balaban J connectivity index is 1.73. The number of halogens is 1. The Hall–Kier alpha value is -1.72. The Kier molecular flexibility index (Phi) is 4.02. The minimum absolute atomic E-state index is 0.170. The molecule has 0 spiro atoms. The lowest BCUT2D eigenvalue weighted by molar-refractivity contribution is -0.00539. The fourth-order valence-corrected chi connectivity index (χ4v) is 3.21. The van der Waals surface area contributed by atoms with Crippen LogP contribution in [-0.4, -0.2) is 38.0 Å². The fourth-order valence-electron chi connectivity index (χ4n) is 3.21. The largest absolute Gasteiger partial charge is 0.389 e. The fraction of sp³-hybridized carbons (Fsp3) is 0.471. The third-order valence-corrected chi connectivity index (χ3v) is 4.28. The van der Waals surface area contributed by atoms with Crippen molar-refractivity contribution in [1.29, 1.82) is 0 Å². The van der Waals surface area contributed by atoms with E-state index in [9.17, 15) is 9.50 Å². The summed E-state index contributed by atoms with van der Waals surface area (Å²) in [6, 6.07) is 8.43. The molecule has 0 radical (unpaired) electrons. The molecule has 1 saturated heterocycles. The Bertz CT molecular complexity index is 630. The van der Waals surface area contributed by atoms with Gasteiger partial charge in [0.2, 0.25) is 0 Å². The van der Waals surface area contributed by atoms with Crippen molar-refractivity contribution in [2.75, 3.05) is 6.54 Å². The molecular weight excluding hydrogens is 281 g/mol. The Morgan fingerprint density at radius 2 is 2.00 bits per heavy atom. The van der Waals surface area contributed by atoms with Crippen molar-refractivity contribution in [3.63, 3.8) is 0 Å². The average molecular weight is 303 g/mol. The molecule has 5 heteroatoms. The monoisotopic (exact) mass is 303 g/mol. The number of aliphatic hydroxyl groups is 1. The lowest BCUT2D eigenvalue weighted by Gasteiger charge is -2.33. The van der Waals surface area contributed by atoms with E-state index in [1.807, 2.05) is 26.1 Å². The van der Waals surface area contributed by atoms with Gasteiger partial charge in [-0.1, -0.05) is 0 Å². The van der Waals surface area contributed by atoms with Crippen molar-refractivity contribution < 1.29 is 9.50 Å². The lowest BCUT2D eigenvalue weighted by atomic mass is 9.96. The van der Waals surface area contributed by atoms with Crippen LogP contribution in [0.15, 0.2) is 36.5 Å². The first-order valence-corrected chi connectivity index (χ1v) is 7.70. The van der Waals surface area contributed by atoms with E-state index < -0.39 is 5.60 Å². The molecule has 1 aliphatic heterocycles. The highest BCUT2D eigenvalue weighted by Gasteiger charge is 2.35. The Morgan fingerprint density at radius 1 is 1.27 bits per heavy atom. The van der Waals surface area contributed by atoms with Crippen LogP contribution in [0.3, 0.4) is 0 Å². The maximum Gasteiger partial charge on any atom is 0.123 e. The molecule has 2 heterocycles. The topological polar surface area (TPSA) is 41.3 Å². The molecule has 2 aromatic rings. The average Bonchev–Trinajstić information content (AvgIpc) is 3.09. The van der Waals surface area contributed by atoms with Gasteiger partial charge in [0.05, 0.1) is 17.0 Å². The van der Waals surface area contributed by atoms with Gasteiger partial charge in [-0.3, -0.25) is 4.90 Å². The molecule has 0 aliphatic carbocycles. The third-order valence-electron chi connectivity index (χ3n) is 4.28. The predicted octanol–water partition coefficient (Wildman–Crippen LogP) is 2.75. The molecule has 1 atom stereocenters. The third kappa shape index (κ3) is 3.20. The molecule has 0 amide bonds. The summed E-state index contributed by atoms with van der Waals surface area (Å²) >= 11 is 0. The quantitative estimate of drug-likeness (QED) is 0.944. The summed E-state index contributed by atoms with van der Waals surface area (Å²) in [6.45, 7) is 5.45. The van der Waals surface area contributed by atoms with Gasteiger partial charge in [0.1, 0.15) is 5.82 Å². The molecule has 3 rings (SSSR count). The summed E-state index contributed by atoms with van der Waals surface area (Å²) < 4.78 is 14.7. The van der Waals surface area contributed by atoms with E-state index >= 15 is 0 Å². The van der Waals surface area contributed by atoms with Gasteiger partial charge in [-0.15, -0.1) is 0 Å². The van der Waals surface area contributed by atoms with E-state index in [1.54, 1.807) is 16.8 Å². The van der Waals surface area contributed by atoms with Gasteiger partial charge in [-0.25, -0.2) is 9.07 Å². The first kappa shape index (κ1) is 15.2. The van der Waals surface area contributed by atoms with E-state index in [0.717, 1.165) is 37.3 Å². The summed E-state index contributed by atoms with van der Waals surface area (Å²) in [7, 11) is 0. The number of rotatable bonds is 4. The number of aromatic nitrogens is 2. The summed E-state index contributed by atoms with van der Waals surface area (Å²) in [5.41, 5.74) is 1.10. The summed E-state index contributed by atoms with van der Waals surface area (Å²) in [4.78, 5) is 2.29. The van der Waals surface area contributed by atoms with Crippen molar-refractivity contribution in [3.05, 3.63) is 48.0 Å². The molecule has 1 aliphatic rings. The number of likely N-dealkylation sites (tertiary alicyclic amines) is 1. The normalized spacial score (nSPS) is 19.7. The van der Waals surface area contributed by atoms with Crippen LogP contribution in [0.25, 0.3) is 5.69 Å². The number of nitrogens with zero attached hydrogens (tertiary/aromatic N) is 3. The van der Waals surface area contributed by atoms with Crippen LogP contribution in [0.2, 0.25) is 0 Å². The van der Waals surface area contributed by atoms with Gasteiger partial charge < -0.3 is 5.11 Å². The number of hydrogen-bond acceptors (Lipinski definition) is 3. The van der Waals surface area contributed by atoms with E-state index in [1.165, 1.54) is 12.1 Å². The van der Waals surface area contributed by atoms with Crippen LogP contribution in [0, 0.1) is 5.82 Å². The van der Waals surface area contributed by atoms with Crippen LogP contribution in [0.5, 0.6) is 0 Å². The second-order valence-corrected chi connectivity index (χ2v) is 6.51. The molecular formula is C17H22FN3O. The van der Waals surface area contributed by atoms with Gasteiger partial charge in [0.25, 0.3) is 0 Å². The lowest BCUT2D eigenvalue weighted by Crippen LogP contribution is -2.45. The second kappa shape index (κ2) is 5.82. The maximum absolute atomic E-state index is 13.0. The van der Waals surface area contributed by atoms with Crippen molar-refractivity contribution in [2.24, 2.45) is 0 Å². The minimum atomic E-state index is -0.698. The molecule has 1 aromatic carbocycles. The zero-order valence-electron chi connectivity index (χ0n) is 13.0. The van der Waals surface area contributed by atoms with Crippen molar-refractivity contribution in [3.8, 4) is 5.69 Å². The molecule has 22 heavy (non-hydrogen) atoms. The van der Waals surface area contributed by atoms with Crippen LogP contribution in [-0.2, 0) is 6.54 Å². The van der Waals surface area contributed by atoms with Gasteiger partial charge in [0, 0.05) is 18.8 Å². The smallest absolute Gasteiger partial charge is 0.123 e. The van der Waals surface area contributed by atoms with Crippen molar-refractivity contribution in [2.45, 2.75) is 44.9 Å². The van der Waals surface area contributed by atoms with Crippen LogP contribution in [0.1, 0.15) is 32.4 Å². The standard InChI is InChI=1S/C17H22FN3O/c1-17(2,22)16-4-3-10-20(16)12-14-9-11-21(19-14)15-7-5-13(18)6-8-15/h5-9,11,16,22H,3-4,10,12H2,1-2H3. The highest BCUT2D eigenvalue weighted by Crippen LogP contribution is 2.28. The zero-order valence-corrected chi connectivity index (χ0v) is 13.0. The highest BCUT2D eigenvalue weighted by molar-refractivity contribution is 5.31. The molecule has 1 fully saturated rings. The minimum Gasteiger partial charge on any atom is -0.389 e. The van der Waals surface area contributed by atoms with Crippen molar-refractivity contribution >= 4 is 0 Å². The maximum atomic E-state index is 13.0. The predicted molar refractivity (Wildman–Crippen MR) is 83.3 cm³/mol. The van der Waals surface area contributed by atoms with Gasteiger partial charge in [-0.05, 0) is 63.6 Å². The van der Waals surface area contributed by atoms with E-state index in [0.29, 0.717) is 0 Å². The molecule has 118 valence electrons. The summed E-state index contributed by atoms with van der Waals surface area (Å²) in [6.07, 6.45) is 4.01. The first-order chi connectivity index (χ1) is 10.4. The molecule has 1 aromatic heterocycles. The second-order valence-electron chi connectivity index (χ2n) is 6.51. The summed E-state index contributed by atoms with van der Waals surface area (Å²) in [5, 5.41) is 14.8. The zero-order chi connectivity index (χ0) is 15.7. The van der Waals surface area contributed by atoms with Crippen LogP contribution < -0.4 is 0 Å². The van der Waals surface area contributed by atoms with Crippen molar-refractivity contribution in [1.82, 2.24) is 14.7 Å². The molecule has 1 unspecified atom stereocenters. The number of hydrogen-bond donors (Lipinski definition) is 1. The number of benzene rings is 1. The first-order valence-electron chi connectivity index (χ1n) is 7.70. The molecule has 4 nitrogen and oxygen atoms in total. The van der Waals surface area contributed by atoms with Gasteiger partial charge in [0.15, 0.2) is 0 Å². The molecule has 1 N–H and O–H groups in total. The summed E-state index contributed by atoms with van der Waals surface area (Å²) in [5.74, 6) is -0.249. The van der Waals surface area contributed by atoms with E-state index in [2.05, 4.69) is 10.00 Å². The van der Waals surface area contributed by atoms with Crippen LogP contribution in [0.4, 0.5) is 4.39 Å². The Morgan fingerprint density at radius 3 is 2.68 bits per heavy atom. The Labute approximate surface area is 130 Å². The molecule has 0 bridgehead atoms. The van der Waals surface area contributed by atoms with E-state index in [4.69, 9.17) is 0 Å². The molecule has 0 saturated carbocycles. The van der Waals surface area contributed by atoms with Gasteiger partial charge >= 0.3 is 0 Å². The van der Waals surface area contributed by atoms with Crippen LogP contribution >= 0.6 is 0 Å².